The summed E-state index contributed by atoms with van der Waals surface area (Å²) in [7, 11) is 0. The SMILES string of the molecule is Cc1ccccc1OCCn1cnc2ccc(Cl)cc2c1=O. The van der Waals surface area contributed by atoms with E-state index in [1.165, 1.54) is 4.57 Å². The number of rotatable bonds is 4. The zero-order valence-corrected chi connectivity index (χ0v) is 12.9. The first-order valence-corrected chi connectivity index (χ1v) is 7.36. The third-order valence-electron chi connectivity index (χ3n) is 3.47. The third kappa shape index (κ3) is 2.97. The lowest BCUT2D eigenvalue weighted by Crippen LogP contribution is -2.23. The first-order chi connectivity index (χ1) is 10.6. The van der Waals surface area contributed by atoms with E-state index >= 15 is 0 Å². The minimum absolute atomic E-state index is 0.110. The largest absolute Gasteiger partial charge is 0.491 e. The van der Waals surface area contributed by atoms with Crippen molar-refractivity contribution in [2.75, 3.05) is 6.61 Å². The maximum absolute atomic E-state index is 12.4. The first-order valence-electron chi connectivity index (χ1n) is 6.98. The molecule has 0 radical (unpaired) electrons. The molecule has 0 fully saturated rings. The maximum atomic E-state index is 12.4. The van der Waals surface area contributed by atoms with Crippen LogP contribution in [0.2, 0.25) is 5.02 Å². The number of ether oxygens (including phenoxy) is 1. The van der Waals surface area contributed by atoms with Gasteiger partial charge in [0, 0.05) is 5.02 Å². The van der Waals surface area contributed by atoms with E-state index in [1.807, 2.05) is 31.2 Å². The second-order valence-electron chi connectivity index (χ2n) is 5.02. The monoisotopic (exact) mass is 314 g/mol. The molecule has 5 heteroatoms. The zero-order valence-electron chi connectivity index (χ0n) is 12.1. The average molecular weight is 315 g/mol. The van der Waals surface area contributed by atoms with Crippen molar-refractivity contribution in [1.29, 1.82) is 0 Å². The summed E-state index contributed by atoms with van der Waals surface area (Å²) in [5.41, 5.74) is 1.60. The molecule has 0 aliphatic heterocycles. The summed E-state index contributed by atoms with van der Waals surface area (Å²) < 4.78 is 7.26. The van der Waals surface area contributed by atoms with Crippen molar-refractivity contribution in [1.82, 2.24) is 9.55 Å². The van der Waals surface area contributed by atoms with Crippen LogP contribution in [0, 0.1) is 6.92 Å². The van der Waals surface area contributed by atoms with Crippen molar-refractivity contribution in [3.05, 3.63) is 69.7 Å². The summed E-state index contributed by atoms with van der Waals surface area (Å²) in [6.45, 7) is 2.82. The molecule has 112 valence electrons. The van der Waals surface area contributed by atoms with Crippen LogP contribution in [0.3, 0.4) is 0 Å². The smallest absolute Gasteiger partial charge is 0.261 e. The number of hydrogen-bond acceptors (Lipinski definition) is 3. The lowest BCUT2D eigenvalue weighted by atomic mass is 10.2. The van der Waals surface area contributed by atoms with Crippen molar-refractivity contribution in [3.8, 4) is 5.75 Å². The average Bonchev–Trinajstić information content (AvgIpc) is 2.52. The van der Waals surface area contributed by atoms with Crippen LogP contribution in [-0.2, 0) is 6.54 Å². The van der Waals surface area contributed by atoms with E-state index in [9.17, 15) is 4.79 Å². The predicted molar refractivity (Wildman–Crippen MR) is 87.7 cm³/mol. The van der Waals surface area contributed by atoms with Gasteiger partial charge in [-0.1, -0.05) is 29.8 Å². The van der Waals surface area contributed by atoms with Crippen molar-refractivity contribution in [3.63, 3.8) is 0 Å². The molecule has 0 atom stereocenters. The zero-order chi connectivity index (χ0) is 15.5. The molecular formula is C17H15ClN2O2. The van der Waals surface area contributed by atoms with E-state index in [1.54, 1.807) is 24.5 Å². The molecule has 0 aliphatic rings. The molecule has 0 saturated heterocycles. The third-order valence-corrected chi connectivity index (χ3v) is 3.70. The minimum Gasteiger partial charge on any atom is -0.491 e. The van der Waals surface area contributed by atoms with Gasteiger partial charge in [0.05, 0.1) is 23.8 Å². The molecule has 0 unspecified atom stereocenters. The molecule has 3 aromatic rings. The number of para-hydroxylation sites is 1. The summed E-state index contributed by atoms with van der Waals surface area (Å²) in [6, 6.07) is 12.9. The quantitative estimate of drug-likeness (QED) is 0.741. The Bertz CT molecular complexity index is 874. The Balaban J connectivity index is 1.78. The molecule has 0 spiro atoms. The predicted octanol–water partition coefficient (Wildman–Crippen LogP) is 3.44. The Morgan fingerprint density at radius 2 is 2.05 bits per heavy atom. The van der Waals surface area contributed by atoms with Crippen molar-refractivity contribution >= 4 is 22.5 Å². The topological polar surface area (TPSA) is 44.1 Å². The summed E-state index contributed by atoms with van der Waals surface area (Å²) in [5.74, 6) is 0.826. The van der Waals surface area contributed by atoms with Gasteiger partial charge in [0.15, 0.2) is 0 Å². The number of benzene rings is 2. The van der Waals surface area contributed by atoms with E-state index in [4.69, 9.17) is 16.3 Å². The molecule has 4 nitrogen and oxygen atoms in total. The lowest BCUT2D eigenvalue weighted by Gasteiger charge is -2.10. The standard InChI is InChI=1S/C17H15ClN2O2/c1-12-4-2-3-5-16(12)22-9-8-20-11-19-15-7-6-13(18)10-14(15)17(20)21/h2-7,10-11H,8-9H2,1H3. The number of aryl methyl sites for hydroxylation is 1. The van der Waals surface area contributed by atoms with Crippen LogP contribution < -0.4 is 10.3 Å². The summed E-state index contributed by atoms with van der Waals surface area (Å²) >= 11 is 5.94. The van der Waals surface area contributed by atoms with Gasteiger partial charge in [-0.05, 0) is 36.8 Å². The second-order valence-corrected chi connectivity index (χ2v) is 5.45. The van der Waals surface area contributed by atoms with E-state index in [0.717, 1.165) is 11.3 Å². The van der Waals surface area contributed by atoms with Crippen molar-refractivity contribution in [2.24, 2.45) is 0 Å². The Morgan fingerprint density at radius 1 is 1.23 bits per heavy atom. The number of aromatic nitrogens is 2. The Hall–Kier alpha value is -2.33. The van der Waals surface area contributed by atoms with E-state index in [-0.39, 0.29) is 5.56 Å². The van der Waals surface area contributed by atoms with Crippen LogP contribution in [-0.4, -0.2) is 16.2 Å². The Labute approximate surface area is 132 Å². The van der Waals surface area contributed by atoms with Gasteiger partial charge in [-0.25, -0.2) is 4.98 Å². The lowest BCUT2D eigenvalue weighted by molar-refractivity contribution is 0.294. The summed E-state index contributed by atoms with van der Waals surface area (Å²) in [6.07, 6.45) is 1.54. The molecule has 3 rings (SSSR count). The fraction of sp³-hybridized carbons (Fsp3) is 0.176. The number of nitrogens with zero attached hydrogens (tertiary/aromatic N) is 2. The molecule has 1 aromatic heterocycles. The summed E-state index contributed by atoms with van der Waals surface area (Å²) in [5, 5.41) is 1.05. The molecule has 2 aromatic carbocycles. The molecular weight excluding hydrogens is 300 g/mol. The Morgan fingerprint density at radius 3 is 2.86 bits per heavy atom. The molecule has 0 N–H and O–H groups in total. The van der Waals surface area contributed by atoms with Crippen molar-refractivity contribution < 1.29 is 4.74 Å². The number of hydrogen-bond donors (Lipinski definition) is 0. The minimum atomic E-state index is -0.110. The van der Waals surface area contributed by atoms with Crippen LogP contribution in [0.5, 0.6) is 5.75 Å². The molecule has 22 heavy (non-hydrogen) atoms. The van der Waals surface area contributed by atoms with Gasteiger partial charge in [-0.15, -0.1) is 0 Å². The van der Waals surface area contributed by atoms with E-state index < -0.39 is 0 Å². The highest BCUT2D eigenvalue weighted by atomic mass is 35.5. The van der Waals surface area contributed by atoms with Crippen molar-refractivity contribution in [2.45, 2.75) is 13.5 Å². The second kappa shape index (κ2) is 6.20. The van der Waals surface area contributed by atoms with Crippen LogP contribution in [0.1, 0.15) is 5.56 Å². The highest BCUT2D eigenvalue weighted by molar-refractivity contribution is 6.31. The molecule has 0 amide bonds. The van der Waals surface area contributed by atoms with Gasteiger partial charge in [-0.3, -0.25) is 9.36 Å². The van der Waals surface area contributed by atoms with Crippen LogP contribution in [0.25, 0.3) is 10.9 Å². The first kappa shape index (κ1) is 14.6. The number of fused-ring (bicyclic) bond motifs is 1. The van der Waals surface area contributed by atoms with Gasteiger partial charge >= 0.3 is 0 Å². The van der Waals surface area contributed by atoms with Crippen LogP contribution in [0.4, 0.5) is 0 Å². The molecule has 1 heterocycles. The maximum Gasteiger partial charge on any atom is 0.261 e. The van der Waals surface area contributed by atoms with Gasteiger partial charge in [0.25, 0.3) is 5.56 Å². The van der Waals surface area contributed by atoms with Gasteiger partial charge in [-0.2, -0.15) is 0 Å². The van der Waals surface area contributed by atoms with Crippen LogP contribution in [0.15, 0.2) is 53.6 Å². The highest BCUT2D eigenvalue weighted by Crippen LogP contribution is 2.16. The fourth-order valence-corrected chi connectivity index (χ4v) is 2.43. The van der Waals surface area contributed by atoms with Crippen LogP contribution >= 0.6 is 11.6 Å². The fourth-order valence-electron chi connectivity index (χ4n) is 2.26. The number of halogens is 1. The molecule has 0 bridgehead atoms. The summed E-state index contributed by atoms with van der Waals surface area (Å²) in [4.78, 5) is 16.7. The molecule has 0 aliphatic carbocycles. The van der Waals surface area contributed by atoms with E-state index in [0.29, 0.717) is 29.1 Å². The van der Waals surface area contributed by atoms with Gasteiger partial charge < -0.3 is 4.74 Å². The van der Waals surface area contributed by atoms with E-state index in [2.05, 4.69) is 4.98 Å². The molecule has 0 saturated carbocycles. The highest BCUT2D eigenvalue weighted by Gasteiger charge is 2.05. The normalized spacial score (nSPS) is 10.8. The van der Waals surface area contributed by atoms with Gasteiger partial charge in [0.1, 0.15) is 12.4 Å². The Kier molecular flexibility index (Phi) is 4.11. The van der Waals surface area contributed by atoms with Gasteiger partial charge in [0.2, 0.25) is 0 Å².